The van der Waals surface area contributed by atoms with Crippen molar-refractivity contribution in [3.8, 4) is 17.6 Å². The fraction of sp³-hybridized carbons (Fsp3) is 0.333. The molecule has 2 aromatic rings. The van der Waals surface area contributed by atoms with Crippen molar-refractivity contribution in [2.24, 2.45) is 0 Å². The van der Waals surface area contributed by atoms with E-state index in [1.54, 1.807) is 31.4 Å². The van der Waals surface area contributed by atoms with Crippen LogP contribution in [-0.2, 0) is 11.3 Å². The van der Waals surface area contributed by atoms with E-state index in [1.807, 2.05) is 44.0 Å². The number of benzene rings is 2. The third-order valence-electron chi connectivity index (χ3n) is 4.28. The molecule has 2 rings (SSSR count). The molecule has 0 radical (unpaired) electrons. The van der Waals surface area contributed by atoms with Gasteiger partial charge < -0.3 is 14.8 Å². The van der Waals surface area contributed by atoms with Crippen molar-refractivity contribution in [1.29, 1.82) is 5.26 Å². The molecule has 1 amide bonds. The van der Waals surface area contributed by atoms with Crippen LogP contribution in [0.15, 0.2) is 42.5 Å². The van der Waals surface area contributed by atoms with Gasteiger partial charge in [0.2, 0.25) is 5.91 Å². The number of rotatable bonds is 8. The zero-order valence-corrected chi connectivity index (χ0v) is 16.2. The summed E-state index contributed by atoms with van der Waals surface area (Å²) >= 11 is 0. The third-order valence-corrected chi connectivity index (χ3v) is 4.28. The van der Waals surface area contributed by atoms with E-state index in [4.69, 9.17) is 14.7 Å². The summed E-state index contributed by atoms with van der Waals surface area (Å²) in [5, 5.41) is 11.7. The van der Waals surface area contributed by atoms with E-state index >= 15 is 0 Å². The molecule has 0 saturated heterocycles. The topological polar surface area (TPSA) is 74.6 Å². The summed E-state index contributed by atoms with van der Waals surface area (Å²) in [6.45, 7) is 4.94. The summed E-state index contributed by atoms with van der Waals surface area (Å²) in [6, 6.07) is 14.3. The first-order chi connectivity index (χ1) is 13.0. The minimum absolute atomic E-state index is 0.111. The largest absolute Gasteiger partial charge is 0.493 e. The van der Waals surface area contributed by atoms with Gasteiger partial charge in [-0.3, -0.25) is 9.69 Å². The zero-order valence-electron chi connectivity index (χ0n) is 16.2. The number of hydrogen-bond acceptors (Lipinski definition) is 5. The number of hydrogen-bond donors (Lipinski definition) is 1. The summed E-state index contributed by atoms with van der Waals surface area (Å²) in [7, 11) is 3.50. The Balaban J connectivity index is 2.00. The van der Waals surface area contributed by atoms with Crippen molar-refractivity contribution in [2.75, 3.05) is 26.1 Å². The molecule has 0 spiro atoms. The Morgan fingerprint density at radius 1 is 1.22 bits per heavy atom. The lowest BCUT2D eigenvalue weighted by molar-refractivity contribution is -0.120. The Labute approximate surface area is 160 Å². The number of carbonyl (C=O) groups is 1. The van der Waals surface area contributed by atoms with Gasteiger partial charge in [-0.15, -0.1) is 0 Å². The van der Waals surface area contributed by atoms with Crippen molar-refractivity contribution in [1.82, 2.24) is 4.90 Å². The van der Waals surface area contributed by atoms with Crippen molar-refractivity contribution in [3.63, 3.8) is 0 Å². The summed E-state index contributed by atoms with van der Waals surface area (Å²) in [5.74, 6) is 1.27. The lowest BCUT2D eigenvalue weighted by atomic mass is 10.1. The second-order valence-corrected chi connectivity index (χ2v) is 6.19. The highest BCUT2D eigenvalue weighted by Crippen LogP contribution is 2.28. The van der Waals surface area contributed by atoms with Crippen LogP contribution in [0.2, 0.25) is 0 Å². The Bertz CT molecular complexity index is 812. The molecule has 1 atom stereocenters. The number of carbonyl (C=O) groups excluding carboxylic acids is 1. The minimum Gasteiger partial charge on any atom is -0.493 e. The number of likely N-dealkylation sites (N-methyl/N-ethyl adjacent to an activating group) is 1. The molecule has 0 bridgehead atoms. The summed E-state index contributed by atoms with van der Waals surface area (Å²) in [5.41, 5.74) is 2.25. The number of nitriles is 1. The van der Waals surface area contributed by atoms with Gasteiger partial charge in [-0.1, -0.05) is 6.07 Å². The number of methoxy groups -OCH3 is 1. The molecule has 0 aliphatic carbocycles. The smallest absolute Gasteiger partial charge is 0.241 e. The molecule has 6 nitrogen and oxygen atoms in total. The molecule has 2 aromatic carbocycles. The second kappa shape index (κ2) is 9.60. The van der Waals surface area contributed by atoms with Crippen LogP contribution in [0.25, 0.3) is 0 Å². The fourth-order valence-corrected chi connectivity index (χ4v) is 2.58. The van der Waals surface area contributed by atoms with Crippen LogP contribution in [0, 0.1) is 11.3 Å². The summed E-state index contributed by atoms with van der Waals surface area (Å²) in [4.78, 5) is 14.5. The quantitative estimate of drug-likeness (QED) is 0.774. The van der Waals surface area contributed by atoms with E-state index in [9.17, 15) is 4.79 Å². The van der Waals surface area contributed by atoms with Crippen molar-refractivity contribution in [2.45, 2.75) is 26.4 Å². The normalized spacial score (nSPS) is 11.6. The lowest BCUT2D eigenvalue weighted by Crippen LogP contribution is -2.39. The highest BCUT2D eigenvalue weighted by Gasteiger charge is 2.19. The molecule has 6 heteroatoms. The molecule has 0 saturated carbocycles. The monoisotopic (exact) mass is 367 g/mol. The Kier molecular flexibility index (Phi) is 7.21. The maximum absolute atomic E-state index is 12.5. The lowest BCUT2D eigenvalue weighted by Gasteiger charge is -2.24. The minimum atomic E-state index is -0.335. The molecule has 0 heterocycles. The summed E-state index contributed by atoms with van der Waals surface area (Å²) in [6.07, 6.45) is 0. The average molecular weight is 367 g/mol. The highest BCUT2D eigenvalue weighted by atomic mass is 16.5. The summed E-state index contributed by atoms with van der Waals surface area (Å²) < 4.78 is 10.9. The van der Waals surface area contributed by atoms with Crippen LogP contribution >= 0.6 is 0 Å². The van der Waals surface area contributed by atoms with Gasteiger partial charge in [0.05, 0.1) is 31.4 Å². The molecule has 27 heavy (non-hydrogen) atoms. The van der Waals surface area contributed by atoms with Crippen LogP contribution in [0.5, 0.6) is 11.5 Å². The van der Waals surface area contributed by atoms with Crippen molar-refractivity contribution < 1.29 is 14.3 Å². The maximum Gasteiger partial charge on any atom is 0.241 e. The molecule has 0 aliphatic heterocycles. The number of nitrogens with one attached hydrogen (secondary N) is 1. The SMILES string of the molecule is CCOc1ccc(CN(C)[C@H](C)C(=O)Nc2ccc(C#N)cc2)cc1OC. The Morgan fingerprint density at radius 3 is 2.52 bits per heavy atom. The van der Waals surface area contributed by atoms with Crippen LogP contribution in [0.3, 0.4) is 0 Å². The molecule has 0 fully saturated rings. The van der Waals surface area contributed by atoms with Gasteiger partial charge in [-0.05, 0) is 62.9 Å². The maximum atomic E-state index is 12.5. The highest BCUT2D eigenvalue weighted by molar-refractivity contribution is 5.94. The molecule has 142 valence electrons. The van der Waals surface area contributed by atoms with Gasteiger partial charge in [0, 0.05) is 12.2 Å². The van der Waals surface area contributed by atoms with Crippen molar-refractivity contribution in [3.05, 3.63) is 53.6 Å². The number of nitrogens with zero attached hydrogens (tertiary/aromatic N) is 2. The van der Waals surface area contributed by atoms with Crippen LogP contribution < -0.4 is 14.8 Å². The number of anilines is 1. The average Bonchev–Trinajstić information content (AvgIpc) is 2.69. The molecule has 0 unspecified atom stereocenters. The van der Waals surface area contributed by atoms with E-state index in [0.717, 1.165) is 5.56 Å². The van der Waals surface area contributed by atoms with Gasteiger partial charge in [0.25, 0.3) is 0 Å². The van der Waals surface area contributed by atoms with Gasteiger partial charge in [-0.2, -0.15) is 5.26 Å². The van der Waals surface area contributed by atoms with Crippen LogP contribution in [0.1, 0.15) is 25.0 Å². The molecular formula is C21H25N3O3. The second-order valence-electron chi connectivity index (χ2n) is 6.19. The zero-order chi connectivity index (χ0) is 19.8. The number of amides is 1. The van der Waals surface area contributed by atoms with Crippen LogP contribution in [0.4, 0.5) is 5.69 Å². The van der Waals surface area contributed by atoms with E-state index in [1.165, 1.54) is 0 Å². The first kappa shape index (κ1) is 20.3. The van der Waals surface area contributed by atoms with Gasteiger partial charge >= 0.3 is 0 Å². The molecule has 0 aromatic heterocycles. The molecule has 1 N–H and O–H groups in total. The van der Waals surface area contributed by atoms with E-state index in [-0.39, 0.29) is 11.9 Å². The Morgan fingerprint density at radius 2 is 1.93 bits per heavy atom. The van der Waals surface area contributed by atoms with Gasteiger partial charge in [-0.25, -0.2) is 0 Å². The van der Waals surface area contributed by atoms with E-state index in [0.29, 0.717) is 35.9 Å². The standard InChI is InChI=1S/C21H25N3O3/c1-5-27-19-11-8-17(12-20(19)26-4)14-24(3)15(2)21(25)23-18-9-6-16(13-22)7-10-18/h6-12,15H,5,14H2,1-4H3,(H,23,25)/t15-/m1/s1. The third kappa shape index (κ3) is 5.47. The van der Waals surface area contributed by atoms with Gasteiger partial charge in [0.1, 0.15) is 0 Å². The fourth-order valence-electron chi connectivity index (χ4n) is 2.58. The molecular weight excluding hydrogens is 342 g/mol. The van der Waals surface area contributed by atoms with Crippen molar-refractivity contribution >= 4 is 11.6 Å². The van der Waals surface area contributed by atoms with Crippen LogP contribution in [-0.4, -0.2) is 37.6 Å². The Hall–Kier alpha value is -3.04. The molecule has 0 aliphatic rings. The first-order valence-corrected chi connectivity index (χ1v) is 8.79. The predicted molar refractivity (Wildman–Crippen MR) is 105 cm³/mol. The first-order valence-electron chi connectivity index (χ1n) is 8.79. The van der Waals surface area contributed by atoms with Gasteiger partial charge in [0.15, 0.2) is 11.5 Å². The predicted octanol–water partition coefficient (Wildman–Crippen LogP) is 3.42. The van der Waals surface area contributed by atoms with E-state index < -0.39 is 0 Å². The van der Waals surface area contributed by atoms with E-state index in [2.05, 4.69) is 11.4 Å². The number of ether oxygens (including phenoxy) is 2.